The summed E-state index contributed by atoms with van der Waals surface area (Å²) in [6.45, 7) is 1.92. The minimum atomic E-state index is -3.68. The molecule has 1 unspecified atom stereocenters. The van der Waals surface area contributed by atoms with Crippen LogP contribution >= 0.6 is 0 Å². The van der Waals surface area contributed by atoms with Crippen LogP contribution < -0.4 is 0 Å². The smallest absolute Gasteiger partial charge is 0.258 e. The predicted octanol–water partition coefficient (Wildman–Crippen LogP) is 3.00. The summed E-state index contributed by atoms with van der Waals surface area (Å²) < 4.78 is 29.6. The molecule has 19 heavy (non-hydrogen) atoms. The van der Waals surface area contributed by atoms with Gasteiger partial charge in [0.15, 0.2) is 0 Å². The Morgan fingerprint density at radius 2 is 1.74 bits per heavy atom. The topological polar surface area (TPSA) is 43.4 Å². The molecule has 2 aromatic carbocycles. The van der Waals surface area contributed by atoms with E-state index >= 15 is 0 Å². The molecule has 0 spiro atoms. The monoisotopic (exact) mass is 274 g/mol. The Morgan fingerprint density at radius 1 is 1.05 bits per heavy atom. The molecule has 0 saturated heterocycles. The summed E-state index contributed by atoms with van der Waals surface area (Å²) >= 11 is 0. The van der Waals surface area contributed by atoms with Gasteiger partial charge in [0.25, 0.3) is 10.1 Å². The zero-order valence-corrected chi connectivity index (χ0v) is 11.4. The quantitative estimate of drug-likeness (QED) is 0.808. The number of benzene rings is 2. The van der Waals surface area contributed by atoms with E-state index in [4.69, 9.17) is 4.18 Å². The molecule has 0 aliphatic heterocycles. The molecule has 3 rings (SSSR count). The van der Waals surface area contributed by atoms with Gasteiger partial charge in [-0.05, 0) is 30.2 Å². The molecule has 0 amide bonds. The first-order valence-electron chi connectivity index (χ1n) is 6.14. The zero-order chi connectivity index (χ0) is 13.5. The average molecular weight is 274 g/mol. The molecular weight excluding hydrogens is 260 g/mol. The summed E-state index contributed by atoms with van der Waals surface area (Å²) in [5.41, 5.74) is 3.15. The first-order valence-corrected chi connectivity index (χ1v) is 7.55. The number of hydrogen-bond donors (Lipinski definition) is 0. The summed E-state index contributed by atoms with van der Waals surface area (Å²) in [7, 11) is -3.68. The van der Waals surface area contributed by atoms with E-state index in [0.29, 0.717) is 6.42 Å². The van der Waals surface area contributed by atoms with Crippen LogP contribution in [0.4, 0.5) is 0 Å². The van der Waals surface area contributed by atoms with Gasteiger partial charge < -0.3 is 0 Å². The predicted molar refractivity (Wildman–Crippen MR) is 72.3 cm³/mol. The Balaban J connectivity index is 1.83. The molecule has 0 saturated carbocycles. The second kappa shape index (κ2) is 4.47. The van der Waals surface area contributed by atoms with E-state index in [2.05, 4.69) is 0 Å². The maximum atomic E-state index is 12.1. The van der Waals surface area contributed by atoms with Crippen LogP contribution in [0.1, 0.15) is 22.8 Å². The lowest BCUT2D eigenvalue weighted by molar-refractivity contribution is 0.189. The lowest BCUT2D eigenvalue weighted by Crippen LogP contribution is -2.23. The largest absolute Gasteiger partial charge is 0.297 e. The van der Waals surface area contributed by atoms with Crippen molar-refractivity contribution < 1.29 is 12.6 Å². The van der Waals surface area contributed by atoms with Gasteiger partial charge in [-0.2, -0.15) is 8.42 Å². The molecule has 0 radical (unpaired) electrons. The molecule has 1 aliphatic carbocycles. The van der Waals surface area contributed by atoms with E-state index in [-0.39, 0.29) is 11.0 Å². The fourth-order valence-corrected chi connectivity index (χ4v) is 3.27. The van der Waals surface area contributed by atoms with E-state index in [9.17, 15) is 8.42 Å². The summed E-state index contributed by atoms with van der Waals surface area (Å²) in [4.78, 5) is 0.211. The molecule has 1 aliphatic rings. The Morgan fingerprint density at radius 3 is 2.42 bits per heavy atom. The van der Waals surface area contributed by atoms with Crippen molar-refractivity contribution in [1.82, 2.24) is 0 Å². The van der Waals surface area contributed by atoms with Crippen molar-refractivity contribution in [3.63, 3.8) is 0 Å². The van der Waals surface area contributed by atoms with Gasteiger partial charge in [0, 0.05) is 6.42 Å². The highest BCUT2D eigenvalue weighted by molar-refractivity contribution is 7.86. The van der Waals surface area contributed by atoms with Crippen LogP contribution in [0.2, 0.25) is 0 Å². The molecule has 0 aromatic heterocycles. The Labute approximate surface area is 113 Å². The highest BCUT2D eigenvalue weighted by Gasteiger charge is 2.31. The minimum Gasteiger partial charge on any atom is -0.258 e. The summed E-state index contributed by atoms with van der Waals surface area (Å²) in [6.07, 6.45) is 0.309. The van der Waals surface area contributed by atoms with Crippen LogP contribution in [0.25, 0.3) is 0 Å². The van der Waals surface area contributed by atoms with Gasteiger partial charge in [-0.1, -0.05) is 42.0 Å². The number of rotatable bonds is 3. The fraction of sp³-hybridized carbons (Fsp3) is 0.200. The Kier molecular flexibility index (Phi) is 2.92. The fourth-order valence-electron chi connectivity index (χ4n) is 2.21. The van der Waals surface area contributed by atoms with Crippen molar-refractivity contribution >= 4 is 10.1 Å². The molecule has 0 heterocycles. The number of hydrogen-bond acceptors (Lipinski definition) is 3. The van der Waals surface area contributed by atoms with Gasteiger partial charge in [-0.15, -0.1) is 0 Å². The summed E-state index contributed by atoms with van der Waals surface area (Å²) in [5, 5.41) is 0. The molecule has 0 N–H and O–H groups in total. The second-order valence-corrected chi connectivity index (χ2v) is 6.33. The van der Waals surface area contributed by atoms with Crippen molar-refractivity contribution in [2.45, 2.75) is 24.3 Å². The number of aryl methyl sites for hydroxylation is 1. The Bertz CT molecular complexity index is 702. The Hall–Kier alpha value is -1.65. The molecule has 3 nitrogen and oxygen atoms in total. The average Bonchev–Trinajstić information content (AvgIpc) is 2.37. The molecule has 98 valence electrons. The maximum absolute atomic E-state index is 12.1. The van der Waals surface area contributed by atoms with Crippen LogP contribution in [-0.4, -0.2) is 8.42 Å². The van der Waals surface area contributed by atoms with Crippen molar-refractivity contribution in [1.29, 1.82) is 0 Å². The van der Waals surface area contributed by atoms with E-state index in [1.54, 1.807) is 24.3 Å². The van der Waals surface area contributed by atoms with Crippen LogP contribution in [0.5, 0.6) is 0 Å². The molecular formula is C15H14O3S. The summed E-state index contributed by atoms with van der Waals surface area (Å²) in [5.74, 6) is 0. The number of fused-ring (bicyclic) bond motifs is 1. The maximum Gasteiger partial charge on any atom is 0.297 e. The third kappa shape index (κ3) is 2.29. The van der Waals surface area contributed by atoms with Gasteiger partial charge in [0.2, 0.25) is 0 Å². The van der Waals surface area contributed by atoms with E-state index in [0.717, 1.165) is 16.7 Å². The van der Waals surface area contributed by atoms with Gasteiger partial charge in [0.1, 0.15) is 6.10 Å². The lowest BCUT2D eigenvalue weighted by Gasteiger charge is -2.29. The second-order valence-electron chi connectivity index (χ2n) is 4.75. The molecule has 2 aromatic rings. The van der Waals surface area contributed by atoms with E-state index in [1.807, 2.05) is 31.2 Å². The molecule has 1 atom stereocenters. The van der Waals surface area contributed by atoms with Gasteiger partial charge in [-0.25, -0.2) is 0 Å². The van der Waals surface area contributed by atoms with E-state index < -0.39 is 10.1 Å². The van der Waals surface area contributed by atoms with Crippen molar-refractivity contribution in [2.24, 2.45) is 0 Å². The normalized spacial score (nSPS) is 17.6. The van der Waals surface area contributed by atoms with Crippen LogP contribution in [0.15, 0.2) is 53.4 Å². The highest BCUT2D eigenvalue weighted by atomic mass is 32.2. The summed E-state index contributed by atoms with van der Waals surface area (Å²) in [6, 6.07) is 14.4. The first-order chi connectivity index (χ1) is 9.06. The molecule has 4 heteroatoms. The third-order valence-electron chi connectivity index (χ3n) is 3.36. The van der Waals surface area contributed by atoms with Gasteiger partial charge in [-0.3, -0.25) is 4.18 Å². The standard InChI is InChI=1S/C15H14O3S/c1-11-6-8-13(9-7-11)19(16,17)18-15-10-12-4-2-3-5-14(12)15/h2-9,15H,10H2,1H3. The van der Waals surface area contributed by atoms with Gasteiger partial charge >= 0.3 is 0 Å². The van der Waals surface area contributed by atoms with Crippen molar-refractivity contribution in [3.8, 4) is 0 Å². The van der Waals surface area contributed by atoms with E-state index in [1.165, 1.54) is 0 Å². The SMILES string of the molecule is Cc1ccc(S(=O)(=O)OC2Cc3ccccc32)cc1. The minimum absolute atomic E-state index is 0.211. The van der Waals surface area contributed by atoms with Crippen molar-refractivity contribution in [2.75, 3.05) is 0 Å². The van der Waals surface area contributed by atoms with Crippen LogP contribution in [0, 0.1) is 6.92 Å². The molecule has 0 bridgehead atoms. The highest BCUT2D eigenvalue weighted by Crippen LogP contribution is 2.37. The lowest BCUT2D eigenvalue weighted by atomic mass is 9.86. The third-order valence-corrected chi connectivity index (χ3v) is 4.69. The van der Waals surface area contributed by atoms with Crippen LogP contribution in [0.3, 0.4) is 0 Å². The van der Waals surface area contributed by atoms with Crippen molar-refractivity contribution in [3.05, 3.63) is 65.2 Å². The first kappa shape index (κ1) is 12.4. The molecule has 0 fully saturated rings. The van der Waals surface area contributed by atoms with Crippen LogP contribution in [-0.2, 0) is 20.7 Å². The zero-order valence-electron chi connectivity index (χ0n) is 10.5. The van der Waals surface area contributed by atoms with Gasteiger partial charge in [0.05, 0.1) is 4.90 Å².